The van der Waals surface area contributed by atoms with E-state index >= 15 is 0 Å². The molecule has 1 aromatic carbocycles. The average Bonchev–Trinajstić information content (AvgIpc) is 2.94. The first kappa shape index (κ1) is 14.5. The van der Waals surface area contributed by atoms with Gasteiger partial charge in [-0.2, -0.15) is 0 Å². The third-order valence-corrected chi connectivity index (χ3v) is 3.35. The van der Waals surface area contributed by atoms with Crippen LogP contribution in [0.2, 0.25) is 0 Å². The van der Waals surface area contributed by atoms with Crippen molar-refractivity contribution in [1.82, 2.24) is 4.90 Å². The van der Waals surface area contributed by atoms with Crippen LogP contribution in [-0.4, -0.2) is 47.3 Å². The van der Waals surface area contributed by atoms with Crippen LogP contribution >= 0.6 is 0 Å². The molecule has 1 aliphatic heterocycles. The van der Waals surface area contributed by atoms with Crippen LogP contribution in [0, 0.1) is 23.6 Å². The SMILES string of the molecule is O=C(c1cc(F)ccc1C#CCO)N1CCC(CO)C1. The molecular formula is C15H16FNO3. The summed E-state index contributed by atoms with van der Waals surface area (Å²) in [5, 5.41) is 17.8. The first-order chi connectivity index (χ1) is 9.65. The summed E-state index contributed by atoms with van der Waals surface area (Å²) in [6, 6.07) is 3.83. The van der Waals surface area contributed by atoms with Gasteiger partial charge in [-0.15, -0.1) is 0 Å². The monoisotopic (exact) mass is 277 g/mol. The molecule has 1 aliphatic rings. The topological polar surface area (TPSA) is 60.8 Å². The highest BCUT2D eigenvalue weighted by atomic mass is 19.1. The number of carbonyl (C=O) groups excluding carboxylic acids is 1. The second-order valence-corrected chi connectivity index (χ2v) is 4.74. The van der Waals surface area contributed by atoms with E-state index in [1.165, 1.54) is 12.1 Å². The third kappa shape index (κ3) is 3.16. The van der Waals surface area contributed by atoms with Gasteiger partial charge in [-0.1, -0.05) is 11.8 Å². The Balaban J connectivity index is 2.27. The maximum atomic E-state index is 13.4. The summed E-state index contributed by atoms with van der Waals surface area (Å²) in [7, 11) is 0. The molecule has 1 saturated heterocycles. The van der Waals surface area contributed by atoms with Gasteiger partial charge in [0.2, 0.25) is 0 Å². The van der Waals surface area contributed by atoms with E-state index in [0.29, 0.717) is 18.7 Å². The van der Waals surface area contributed by atoms with Crippen molar-refractivity contribution in [3.8, 4) is 11.8 Å². The van der Waals surface area contributed by atoms with Crippen LogP contribution in [0.1, 0.15) is 22.3 Å². The zero-order valence-corrected chi connectivity index (χ0v) is 11.0. The minimum atomic E-state index is -0.499. The van der Waals surface area contributed by atoms with E-state index in [1.807, 2.05) is 0 Å². The first-order valence-corrected chi connectivity index (χ1v) is 6.45. The van der Waals surface area contributed by atoms with Gasteiger partial charge in [0.25, 0.3) is 5.91 Å². The fourth-order valence-electron chi connectivity index (χ4n) is 2.27. The molecule has 1 unspecified atom stereocenters. The summed E-state index contributed by atoms with van der Waals surface area (Å²) < 4.78 is 13.4. The lowest BCUT2D eigenvalue weighted by Gasteiger charge is -2.17. The lowest BCUT2D eigenvalue weighted by molar-refractivity contribution is 0.0781. The van der Waals surface area contributed by atoms with E-state index in [0.717, 1.165) is 12.5 Å². The highest BCUT2D eigenvalue weighted by Crippen LogP contribution is 2.20. The minimum absolute atomic E-state index is 0.0457. The Morgan fingerprint density at radius 3 is 2.90 bits per heavy atom. The van der Waals surface area contributed by atoms with Crippen molar-refractivity contribution >= 4 is 5.91 Å². The predicted molar refractivity (Wildman–Crippen MR) is 71.5 cm³/mol. The molecule has 20 heavy (non-hydrogen) atoms. The molecule has 2 rings (SSSR count). The van der Waals surface area contributed by atoms with E-state index in [4.69, 9.17) is 10.2 Å². The zero-order chi connectivity index (χ0) is 14.5. The number of aliphatic hydroxyl groups excluding tert-OH is 2. The second-order valence-electron chi connectivity index (χ2n) is 4.74. The Hall–Kier alpha value is -1.90. The third-order valence-electron chi connectivity index (χ3n) is 3.35. The van der Waals surface area contributed by atoms with E-state index in [9.17, 15) is 9.18 Å². The Morgan fingerprint density at radius 1 is 1.45 bits per heavy atom. The van der Waals surface area contributed by atoms with Gasteiger partial charge in [0.1, 0.15) is 12.4 Å². The molecule has 0 spiro atoms. The molecule has 1 heterocycles. The van der Waals surface area contributed by atoms with Gasteiger partial charge < -0.3 is 15.1 Å². The van der Waals surface area contributed by atoms with Crippen LogP contribution in [0.4, 0.5) is 4.39 Å². The number of likely N-dealkylation sites (tertiary alicyclic amines) is 1. The fourth-order valence-corrected chi connectivity index (χ4v) is 2.27. The number of amides is 1. The maximum Gasteiger partial charge on any atom is 0.255 e. The molecule has 1 amide bonds. The molecule has 0 bridgehead atoms. The number of benzene rings is 1. The molecule has 0 aliphatic carbocycles. The normalized spacial score (nSPS) is 17.8. The van der Waals surface area contributed by atoms with Crippen LogP contribution in [0.3, 0.4) is 0 Å². The maximum absolute atomic E-state index is 13.4. The van der Waals surface area contributed by atoms with Gasteiger partial charge in [0.15, 0.2) is 0 Å². The Morgan fingerprint density at radius 2 is 2.25 bits per heavy atom. The molecule has 0 aromatic heterocycles. The number of rotatable bonds is 2. The number of halogens is 1. The lowest BCUT2D eigenvalue weighted by atomic mass is 10.1. The van der Waals surface area contributed by atoms with Crippen LogP contribution in [0.15, 0.2) is 18.2 Å². The van der Waals surface area contributed by atoms with Gasteiger partial charge in [0.05, 0.1) is 5.56 Å². The quantitative estimate of drug-likeness (QED) is 0.779. The largest absolute Gasteiger partial charge is 0.396 e. The molecule has 2 N–H and O–H groups in total. The average molecular weight is 277 g/mol. The zero-order valence-electron chi connectivity index (χ0n) is 11.0. The Labute approximate surface area is 116 Å². The standard InChI is InChI=1S/C15H16FNO3/c16-13-4-3-12(2-1-7-18)14(8-13)15(20)17-6-5-11(9-17)10-19/h3-4,8,11,18-19H,5-7,9-10H2. The van der Waals surface area contributed by atoms with Crippen LogP contribution in [0.5, 0.6) is 0 Å². The van der Waals surface area contributed by atoms with Crippen molar-refractivity contribution in [1.29, 1.82) is 0 Å². The van der Waals surface area contributed by atoms with Crippen LogP contribution in [-0.2, 0) is 0 Å². The lowest BCUT2D eigenvalue weighted by Crippen LogP contribution is -2.29. The van der Waals surface area contributed by atoms with Crippen molar-refractivity contribution in [2.75, 3.05) is 26.3 Å². The Bertz CT molecular complexity index is 562. The van der Waals surface area contributed by atoms with Crippen molar-refractivity contribution in [3.63, 3.8) is 0 Å². The highest BCUT2D eigenvalue weighted by Gasteiger charge is 2.27. The van der Waals surface area contributed by atoms with Gasteiger partial charge >= 0.3 is 0 Å². The van der Waals surface area contributed by atoms with E-state index in [2.05, 4.69) is 11.8 Å². The van der Waals surface area contributed by atoms with E-state index < -0.39 is 5.82 Å². The van der Waals surface area contributed by atoms with E-state index in [-0.39, 0.29) is 30.6 Å². The number of carbonyl (C=O) groups is 1. The molecular weight excluding hydrogens is 261 g/mol. The van der Waals surface area contributed by atoms with Crippen molar-refractivity contribution in [2.24, 2.45) is 5.92 Å². The molecule has 1 atom stereocenters. The molecule has 0 saturated carbocycles. The van der Waals surface area contributed by atoms with Gasteiger partial charge in [-0.25, -0.2) is 4.39 Å². The number of hydrogen-bond acceptors (Lipinski definition) is 3. The van der Waals surface area contributed by atoms with E-state index in [1.54, 1.807) is 4.90 Å². The predicted octanol–water partition coefficient (Wildman–Crippen LogP) is 0.624. The minimum Gasteiger partial charge on any atom is -0.396 e. The summed E-state index contributed by atoms with van der Waals surface area (Å²) in [5.41, 5.74) is 0.599. The summed E-state index contributed by atoms with van der Waals surface area (Å²) in [4.78, 5) is 14.0. The molecule has 1 fully saturated rings. The summed E-state index contributed by atoms with van der Waals surface area (Å²) in [6.45, 7) is 0.748. The molecule has 0 radical (unpaired) electrons. The first-order valence-electron chi connectivity index (χ1n) is 6.45. The van der Waals surface area contributed by atoms with Gasteiger partial charge in [0, 0.05) is 31.2 Å². The summed E-state index contributed by atoms with van der Waals surface area (Å²) in [6.07, 6.45) is 0.745. The van der Waals surface area contributed by atoms with Gasteiger partial charge in [-0.3, -0.25) is 4.79 Å². The summed E-state index contributed by atoms with van der Waals surface area (Å²) in [5.74, 6) is 4.41. The number of aliphatic hydroxyl groups is 2. The second kappa shape index (κ2) is 6.51. The fraction of sp³-hybridized carbons (Fsp3) is 0.400. The van der Waals surface area contributed by atoms with Crippen molar-refractivity contribution in [2.45, 2.75) is 6.42 Å². The number of nitrogens with zero attached hydrogens (tertiary/aromatic N) is 1. The van der Waals surface area contributed by atoms with Crippen LogP contribution < -0.4 is 0 Å². The Kier molecular flexibility index (Phi) is 4.72. The smallest absolute Gasteiger partial charge is 0.255 e. The molecule has 106 valence electrons. The molecule has 5 heteroatoms. The number of hydrogen-bond donors (Lipinski definition) is 2. The molecule has 4 nitrogen and oxygen atoms in total. The highest BCUT2D eigenvalue weighted by molar-refractivity contribution is 5.97. The molecule has 1 aromatic rings. The van der Waals surface area contributed by atoms with Crippen molar-refractivity contribution in [3.05, 3.63) is 35.1 Å². The van der Waals surface area contributed by atoms with Crippen LogP contribution in [0.25, 0.3) is 0 Å². The summed E-state index contributed by atoms with van der Waals surface area (Å²) >= 11 is 0. The van der Waals surface area contributed by atoms with Gasteiger partial charge in [-0.05, 0) is 24.6 Å². The van der Waals surface area contributed by atoms with Crippen molar-refractivity contribution < 1.29 is 19.4 Å².